The Morgan fingerprint density at radius 1 is 1.25 bits per heavy atom. The fourth-order valence-electron chi connectivity index (χ4n) is 4.61. The van der Waals surface area contributed by atoms with E-state index >= 15 is 0 Å². The number of amides is 1. The van der Waals surface area contributed by atoms with Crippen molar-refractivity contribution in [1.82, 2.24) is 19.0 Å². The van der Waals surface area contributed by atoms with Gasteiger partial charge in [-0.15, -0.1) is 0 Å². The number of carbonyl (C=O) groups is 1. The summed E-state index contributed by atoms with van der Waals surface area (Å²) in [6.07, 6.45) is 3.83. The minimum absolute atomic E-state index is 0.0134. The van der Waals surface area contributed by atoms with Gasteiger partial charge in [0.2, 0.25) is 5.91 Å². The highest BCUT2D eigenvalue weighted by molar-refractivity contribution is 5.78. The zero-order valence-corrected chi connectivity index (χ0v) is 17.5. The molecule has 1 aliphatic heterocycles. The molecule has 2 atom stereocenters. The van der Waals surface area contributed by atoms with Crippen molar-refractivity contribution in [2.75, 3.05) is 13.1 Å². The quantitative estimate of drug-likeness (QED) is 0.820. The molecule has 2 aliphatic rings. The van der Waals surface area contributed by atoms with Gasteiger partial charge in [-0.2, -0.15) is 0 Å². The van der Waals surface area contributed by atoms with Crippen LogP contribution in [0.2, 0.25) is 0 Å². The van der Waals surface area contributed by atoms with Crippen LogP contribution in [0.15, 0.2) is 23.0 Å². The number of hydrogen-bond acceptors (Lipinski definition) is 3. The van der Waals surface area contributed by atoms with Gasteiger partial charge in [-0.25, -0.2) is 9.78 Å². The van der Waals surface area contributed by atoms with Crippen LogP contribution in [0.1, 0.15) is 46.2 Å². The van der Waals surface area contributed by atoms with E-state index in [4.69, 9.17) is 4.98 Å². The largest absolute Gasteiger partial charge is 0.342 e. The van der Waals surface area contributed by atoms with Gasteiger partial charge in [-0.3, -0.25) is 13.9 Å². The molecule has 1 aliphatic carbocycles. The van der Waals surface area contributed by atoms with Crippen molar-refractivity contribution in [3.05, 3.63) is 34.4 Å². The lowest BCUT2D eigenvalue weighted by atomic mass is 9.97. The average molecular weight is 383 g/mol. The molecule has 4 rings (SSSR count). The second-order valence-corrected chi connectivity index (χ2v) is 9.50. The first-order valence-electron chi connectivity index (χ1n) is 10.2. The van der Waals surface area contributed by atoms with Gasteiger partial charge in [0.05, 0.1) is 11.2 Å². The molecule has 1 saturated heterocycles. The van der Waals surface area contributed by atoms with Gasteiger partial charge in [0, 0.05) is 33.1 Å². The lowest BCUT2D eigenvalue weighted by Gasteiger charge is -2.18. The van der Waals surface area contributed by atoms with Crippen LogP contribution in [-0.2, 0) is 18.4 Å². The molecule has 1 amide bonds. The molecule has 28 heavy (non-hydrogen) atoms. The lowest BCUT2D eigenvalue weighted by Crippen LogP contribution is -2.28. The molecule has 2 aromatic heterocycles. The number of aryl methyl sites for hydroxylation is 1. The highest BCUT2D eigenvalue weighted by Crippen LogP contribution is 2.40. The summed E-state index contributed by atoms with van der Waals surface area (Å²) < 4.78 is 3.49. The van der Waals surface area contributed by atoms with Gasteiger partial charge >= 0.3 is 5.69 Å². The summed E-state index contributed by atoms with van der Waals surface area (Å²) in [4.78, 5) is 31.5. The molecule has 150 valence electrons. The van der Waals surface area contributed by atoms with Crippen LogP contribution in [0, 0.1) is 17.3 Å². The number of pyridine rings is 1. The predicted octanol–water partition coefficient (Wildman–Crippen LogP) is 3.05. The summed E-state index contributed by atoms with van der Waals surface area (Å²) in [5.74, 6) is 1.17. The van der Waals surface area contributed by atoms with Crippen LogP contribution in [0.5, 0.6) is 0 Å². The third kappa shape index (κ3) is 3.19. The zero-order valence-electron chi connectivity index (χ0n) is 17.5. The Bertz CT molecular complexity index is 1020. The predicted molar refractivity (Wildman–Crippen MR) is 111 cm³/mol. The monoisotopic (exact) mass is 382 g/mol. The number of allylic oxidation sites excluding steroid dienone is 1. The molecule has 0 aromatic carbocycles. The van der Waals surface area contributed by atoms with E-state index in [1.165, 1.54) is 5.57 Å². The second-order valence-electron chi connectivity index (χ2n) is 9.50. The SMILES string of the molecule is CCC(=O)N1CC2C=C(c3ccc4c(n3)n(C)c(=O)n4CC(C)(C)C)CC2C1. The number of carbonyl (C=O) groups excluding carboxylic acids is 1. The second kappa shape index (κ2) is 6.61. The van der Waals surface area contributed by atoms with Crippen molar-refractivity contribution < 1.29 is 4.79 Å². The third-order valence-corrected chi connectivity index (χ3v) is 5.99. The minimum Gasteiger partial charge on any atom is -0.342 e. The van der Waals surface area contributed by atoms with Gasteiger partial charge in [0.25, 0.3) is 0 Å². The molecule has 0 radical (unpaired) electrons. The highest BCUT2D eigenvalue weighted by Gasteiger charge is 2.38. The van der Waals surface area contributed by atoms with Gasteiger partial charge < -0.3 is 4.90 Å². The molecule has 3 heterocycles. The van der Waals surface area contributed by atoms with Gasteiger partial charge in [0.15, 0.2) is 5.65 Å². The minimum atomic E-state index is -0.0134. The van der Waals surface area contributed by atoms with Crippen LogP contribution < -0.4 is 5.69 Å². The standard InChI is InChI=1S/C22H30N4O2/c1-6-19(27)25-11-15-9-14(10-16(15)12-25)17-7-8-18-20(23-17)24(5)21(28)26(18)13-22(2,3)4/h7-9,15-16H,6,10-13H2,1-5H3. The first-order chi connectivity index (χ1) is 13.2. The Morgan fingerprint density at radius 3 is 2.64 bits per heavy atom. The van der Waals surface area contributed by atoms with Crippen LogP contribution in [0.3, 0.4) is 0 Å². The van der Waals surface area contributed by atoms with Crippen molar-refractivity contribution >= 4 is 22.6 Å². The van der Waals surface area contributed by atoms with E-state index in [1.54, 1.807) is 11.6 Å². The van der Waals surface area contributed by atoms with Gasteiger partial charge in [-0.05, 0) is 41.4 Å². The first kappa shape index (κ1) is 19.0. The van der Waals surface area contributed by atoms with E-state index in [-0.39, 0.29) is 17.0 Å². The Kier molecular flexibility index (Phi) is 4.47. The fourth-order valence-corrected chi connectivity index (χ4v) is 4.61. The van der Waals surface area contributed by atoms with Crippen molar-refractivity contribution in [1.29, 1.82) is 0 Å². The molecule has 1 fully saturated rings. The Hall–Kier alpha value is -2.37. The lowest BCUT2D eigenvalue weighted by molar-refractivity contribution is -0.130. The number of rotatable bonds is 3. The van der Waals surface area contributed by atoms with Crippen LogP contribution in [0.25, 0.3) is 16.7 Å². The van der Waals surface area contributed by atoms with Crippen LogP contribution in [0.4, 0.5) is 0 Å². The molecule has 6 heteroatoms. The summed E-state index contributed by atoms with van der Waals surface area (Å²) >= 11 is 0. The first-order valence-corrected chi connectivity index (χ1v) is 10.2. The van der Waals surface area contributed by atoms with Crippen molar-refractivity contribution in [3.63, 3.8) is 0 Å². The molecular weight excluding hydrogens is 352 g/mol. The zero-order chi connectivity index (χ0) is 20.2. The molecule has 0 spiro atoms. The van der Waals surface area contributed by atoms with Crippen molar-refractivity contribution in [2.45, 2.75) is 47.1 Å². The molecule has 2 unspecified atom stereocenters. The van der Waals surface area contributed by atoms with E-state index in [9.17, 15) is 9.59 Å². The fraction of sp³-hybridized carbons (Fsp3) is 0.591. The van der Waals surface area contributed by atoms with Gasteiger partial charge in [0.1, 0.15) is 0 Å². The Morgan fingerprint density at radius 2 is 2.00 bits per heavy atom. The van der Waals surface area contributed by atoms with E-state index in [0.717, 1.165) is 36.4 Å². The normalized spacial score (nSPS) is 22.0. The van der Waals surface area contributed by atoms with E-state index in [1.807, 2.05) is 28.5 Å². The third-order valence-electron chi connectivity index (χ3n) is 5.99. The highest BCUT2D eigenvalue weighted by atomic mass is 16.2. The maximum Gasteiger partial charge on any atom is 0.330 e. The topological polar surface area (TPSA) is 60.1 Å². The smallest absolute Gasteiger partial charge is 0.330 e. The summed E-state index contributed by atoms with van der Waals surface area (Å²) in [6.45, 7) is 10.7. The number of hydrogen-bond donors (Lipinski definition) is 0. The molecule has 6 nitrogen and oxygen atoms in total. The maximum absolute atomic E-state index is 12.7. The molecule has 0 N–H and O–H groups in total. The molecular formula is C22H30N4O2. The number of imidazole rings is 1. The molecule has 0 saturated carbocycles. The molecule has 0 bridgehead atoms. The number of nitrogens with zero attached hydrogens (tertiary/aromatic N) is 4. The maximum atomic E-state index is 12.7. The van der Waals surface area contributed by atoms with Gasteiger partial charge in [-0.1, -0.05) is 33.8 Å². The van der Waals surface area contributed by atoms with Crippen molar-refractivity contribution in [3.8, 4) is 0 Å². The Labute approximate surface area is 165 Å². The Balaban J connectivity index is 1.64. The van der Waals surface area contributed by atoms with E-state index in [0.29, 0.717) is 24.8 Å². The summed E-state index contributed by atoms with van der Waals surface area (Å²) in [5.41, 5.74) is 3.84. The number of likely N-dealkylation sites (tertiary alicyclic amines) is 1. The number of aromatic nitrogens is 3. The summed E-state index contributed by atoms with van der Waals surface area (Å²) in [6, 6.07) is 4.08. The van der Waals surface area contributed by atoms with Crippen LogP contribution >= 0.6 is 0 Å². The van der Waals surface area contributed by atoms with Crippen molar-refractivity contribution in [2.24, 2.45) is 24.3 Å². The van der Waals surface area contributed by atoms with Crippen LogP contribution in [-0.4, -0.2) is 38.0 Å². The average Bonchev–Trinajstić information content (AvgIpc) is 3.27. The molecule has 2 aromatic rings. The summed E-state index contributed by atoms with van der Waals surface area (Å²) in [7, 11) is 1.80. The summed E-state index contributed by atoms with van der Waals surface area (Å²) in [5, 5.41) is 0. The van der Waals surface area contributed by atoms with E-state index < -0.39 is 0 Å². The van der Waals surface area contributed by atoms with E-state index in [2.05, 4.69) is 26.8 Å². The number of fused-ring (bicyclic) bond motifs is 2.